The minimum atomic E-state index is -0.865. The van der Waals surface area contributed by atoms with Crippen molar-refractivity contribution in [1.82, 2.24) is 5.27 Å². The van der Waals surface area contributed by atoms with Gasteiger partial charge in [0.1, 0.15) is 0 Å². The first-order chi connectivity index (χ1) is 7.65. The fourth-order valence-corrected chi connectivity index (χ4v) is 1.31. The number of benzene rings is 1. The lowest BCUT2D eigenvalue weighted by molar-refractivity contribution is -0.676. The monoisotopic (exact) mass is 219 g/mol. The number of nitrogens with zero attached hydrogens (tertiary/aromatic N) is 2. The molecule has 0 atom stereocenters. The van der Waals surface area contributed by atoms with Crippen molar-refractivity contribution in [3.05, 3.63) is 41.6 Å². The van der Waals surface area contributed by atoms with Gasteiger partial charge in [0.2, 0.25) is 11.9 Å². The van der Waals surface area contributed by atoms with Gasteiger partial charge in [0, 0.05) is 12.1 Å². The first kappa shape index (κ1) is 10.2. The number of nitrogens with one attached hydrogen (secondary N) is 1. The summed E-state index contributed by atoms with van der Waals surface area (Å²) < 4.78 is 6.01. The van der Waals surface area contributed by atoms with E-state index < -0.39 is 5.97 Å². The number of aliphatic carboxylic acids is 1. The first-order valence-corrected chi connectivity index (χ1v) is 4.56. The van der Waals surface area contributed by atoms with E-state index in [1.807, 2.05) is 0 Å². The van der Waals surface area contributed by atoms with Crippen molar-refractivity contribution < 1.29 is 19.1 Å². The lowest BCUT2D eigenvalue weighted by Crippen LogP contribution is -2.33. The second kappa shape index (κ2) is 4.01. The van der Waals surface area contributed by atoms with Crippen LogP contribution in [0, 0.1) is 5.41 Å². The summed E-state index contributed by atoms with van der Waals surface area (Å²) in [5.41, 5.74) is 1.40. The maximum Gasteiger partial charge on any atom is 0.307 e. The lowest BCUT2D eigenvalue weighted by atomic mass is 10.1. The Bertz CT molecular complexity index is 553. The van der Waals surface area contributed by atoms with E-state index in [4.69, 9.17) is 10.5 Å². The largest absolute Gasteiger partial charge is 0.487 e. The summed E-state index contributed by atoms with van der Waals surface area (Å²) in [6, 6.07) is 6.85. The van der Waals surface area contributed by atoms with Gasteiger partial charge in [-0.3, -0.25) is 15.5 Å². The molecule has 82 valence electrons. The van der Waals surface area contributed by atoms with E-state index in [1.165, 1.54) is 10.9 Å². The molecule has 0 saturated heterocycles. The molecule has 2 N–H and O–H groups in total. The van der Waals surface area contributed by atoms with Crippen LogP contribution in [0.2, 0.25) is 0 Å². The molecule has 0 unspecified atom stereocenters. The number of aromatic nitrogens is 2. The normalized spacial score (nSPS) is 10.2. The maximum atomic E-state index is 10.5. The summed E-state index contributed by atoms with van der Waals surface area (Å²) in [5, 5.41) is 19.4. The molecule has 0 fully saturated rings. The lowest BCUT2D eigenvalue weighted by Gasteiger charge is -1.98. The van der Waals surface area contributed by atoms with Gasteiger partial charge in [0.05, 0.1) is 6.42 Å². The van der Waals surface area contributed by atoms with E-state index in [0.29, 0.717) is 5.56 Å². The van der Waals surface area contributed by atoms with Crippen LogP contribution in [0.25, 0.3) is 5.69 Å². The van der Waals surface area contributed by atoms with Gasteiger partial charge in [0.25, 0.3) is 5.55 Å². The Hall–Kier alpha value is -2.37. The number of hydrogen-bond donors (Lipinski definition) is 2. The molecule has 1 aromatic carbocycles. The molecule has 0 saturated carbocycles. The first-order valence-electron chi connectivity index (χ1n) is 4.56. The molecule has 16 heavy (non-hydrogen) atoms. The highest BCUT2D eigenvalue weighted by Crippen LogP contribution is 2.04. The summed E-state index contributed by atoms with van der Waals surface area (Å²) >= 11 is 0. The van der Waals surface area contributed by atoms with Crippen LogP contribution in [0.1, 0.15) is 5.56 Å². The third-order valence-corrected chi connectivity index (χ3v) is 2.02. The Morgan fingerprint density at radius 2 is 2.12 bits per heavy atom. The minimum absolute atomic E-state index is 0.00649. The predicted molar refractivity (Wildman–Crippen MR) is 50.8 cm³/mol. The molecule has 1 heterocycles. The van der Waals surface area contributed by atoms with E-state index in [0.717, 1.165) is 5.69 Å². The van der Waals surface area contributed by atoms with Gasteiger partial charge < -0.3 is 9.63 Å². The fraction of sp³-hybridized carbons (Fsp3) is 0.100. The topological polar surface area (TPSA) is 92.3 Å². The molecule has 0 aliphatic rings. The van der Waals surface area contributed by atoms with Gasteiger partial charge in [-0.05, 0) is 5.56 Å². The number of carboxylic acids is 1. The van der Waals surface area contributed by atoms with E-state index in [9.17, 15) is 4.79 Å². The highest BCUT2D eigenvalue weighted by Gasteiger charge is 2.04. The van der Waals surface area contributed by atoms with Crippen molar-refractivity contribution in [1.29, 1.82) is 5.41 Å². The highest BCUT2D eigenvalue weighted by atomic mass is 16.5. The third-order valence-electron chi connectivity index (χ3n) is 2.02. The molecule has 0 spiro atoms. The van der Waals surface area contributed by atoms with Crippen molar-refractivity contribution >= 4 is 5.97 Å². The van der Waals surface area contributed by atoms with Gasteiger partial charge >= 0.3 is 5.97 Å². The summed E-state index contributed by atoms with van der Waals surface area (Å²) in [4.78, 5) is 10.5. The minimum Gasteiger partial charge on any atom is -0.487 e. The SMILES string of the molecule is N=c1c[n+](-c2ccc(CC(=O)O)cc2)[n-]o1. The quantitative estimate of drug-likeness (QED) is 0.688. The molecule has 0 aliphatic carbocycles. The molecule has 1 aromatic heterocycles. The molecular formula is C10H9N3O3. The van der Waals surface area contributed by atoms with Gasteiger partial charge in [-0.2, -0.15) is 0 Å². The van der Waals surface area contributed by atoms with Gasteiger partial charge in [0.15, 0.2) is 0 Å². The van der Waals surface area contributed by atoms with E-state index in [-0.39, 0.29) is 12.0 Å². The Morgan fingerprint density at radius 3 is 2.62 bits per heavy atom. The van der Waals surface area contributed by atoms with Crippen molar-refractivity contribution in [2.45, 2.75) is 6.42 Å². The second-order valence-corrected chi connectivity index (χ2v) is 3.25. The smallest absolute Gasteiger partial charge is 0.307 e. The Kier molecular flexibility index (Phi) is 2.55. The number of carbonyl (C=O) groups is 1. The van der Waals surface area contributed by atoms with Crippen LogP contribution in [-0.2, 0) is 11.2 Å². The number of rotatable bonds is 3. The molecule has 2 rings (SSSR count). The zero-order valence-corrected chi connectivity index (χ0v) is 8.25. The molecular weight excluding hydrogens is 210 g/mol. The van der Waals surface area contributed by atoms with Gasteiger partial charge in [-0.1, -0.05) is 12.1 Å². The van der Waals surface area contributed by atoms with Crippen LogP contribution in [0.3, 0.4) is 0 Å². The van der Waals surface area contributed by atoms with Crippen LogP contribution in [0.5, 0.6) is 0 Å². The second-order valence-electron chi connectivity index (χ2n) is 3.25. The average Bonchev–Trinajstić information content (AvgIpc) is 2.65. The van der Waals surface area contributed by atoms with Crippen LogP contribution in [-0.4, -0.2) is 11.1 Å². The molecule has 0 radical (unpaired) electrons. The molecule has 2 aromatic rings. The number of carboxylic acid groups (broad SMARTS) is 1. The highest BCUT2D eigenvalue weighted by molar-refractivity contribution is 5.70. The zero-order chi connectivity index (χ0) is 11.5. The Balaban J connectivity index is 2.25. The van der Waals surface area contributed by atoms with Crippen molar-refractivity contribution in [3.8, 4) is 5.69 Å². The summed E-state index contributed by atoms with van der Waals surface area (Å²) in [6.07, 6.45) is 1.42. The maximum absolute atomic E-state index is 10.5. The Labute approximate surface area is 90.2 Å². The van der Waals surface area contributed by atoms with Crippen LogP contribution in [0.15, 0.2) is 35.0 Å². The third kappa shape index (κ3) is 2.17. The van der Waals surface area contributed by atoms with Crippen LogP contribution >= 0.6 is 0 Å². The van der Waals surface area contributed by atoms with Gasteiger partial charge in [-0.15, -0.1) is 0 Å². The van der Waals surface area contributed by atoms with Crippen molar-refractivity contribution in [3.63, 3.8) is 0 Å². The Morgan fingerprint density at radius 1 is 1.44 bits per heavy atom. The molecule has 6 nitrogen and oxygen atoms in total. The molecule has 6 heteroatoms. The number of hydrogen-bond acceptors (Lipinski definition) is 3. The average molecular weight is 219 g/mol. The van der Waals surface area contributed by atoms with Crippen LogP contribution < -0.4 is 15.5 Å². The van der Waals surface area contributed by atoms with E-state index in [1.54, 1.807) is 24.3 Å². The summed E-state index contributed by atoms with van der Waals surface area (Å²) in [6.45, 7) is 0. The van der Waals surface area contributed by atoms with Crippen molar-refractivity contribution in [2.75, 3.05) is 0 Å². The van der Waals surface area contributed by atoms with E-state index in [2.05, 4.69) is 9.79 Å². The van der Waals surface area contributed by atoms with Crippen molar-refractivity contribution in [2.24, 2.45) is 0 Å². The standard InChI is InChI=1S/C10H9N3O3/c11-9-6-13(12-16-9)8-3-1-7(2-4-8)5-10(14)15/h1-4,6,11H,5H2,(H,14,15). The van der Waals surface area contributed by atoms with E-state index >= 15 is 0 Å². The summed E-state index contributed by atoms with van der Waals surface area (Å²) in [5.74, 6) is -0.865. The van der Waals surface area contributed by atoms with Crippen LogP contribution in [0.4, 0.5) is 0 Å². The molecule has 0 amide bonds. The summed E-state index contributed by atoms with van der Waals surface area (Å²) in [7, 11) is 0. The molecule has 0 aliphatic heterocycles. The zero-order valence-electron chi connectivity index (χ0n) is 8.25. The molecule has 0 bridgehead atoms. The predicted octanol–water partition coefficient (Wildman–Crippen LogP) is -0.380. The van der Waals surface area contributed by atoms with Gasteiger partial charge in [-0.25, -0.2) is 4.68 Å². The fourth-order valence-electron chi connectivity index (χ4n) is 1.31.